The third-order valence-corrected chi connectivity index (χ3v) is 6.33. The maximum atomic E-state index is 12.5. The molecule has 0 aliphatic heterocycles. The molecule has 0 aliphatic rings. The van der Waals surface area contributed by atoms with Crippen molar-refractivity contribution in [3.8, 4) is 11.5 Å². The number of aryl methyl sites for hydroxylation is 2. The van der Waals surface area contributed by atoms with Crippen molar-refractivity contribution in [1.82, 2.24) is 0 Å². The number of hydrogen-bond donors (Lipinski definition) is 2. The van der Waals surface area contributed by atoms with E-state index >= 15 is 0 Å². The quantitative estimate of drug-likeness (QED) is 0.455. The van der Waals surface area contributed by atoms with Gasteiger partial charge in [-0.3, -0.25) is 4.79 Å². The second-order valence-corrected chi connectivity index (χ2v) is 9.88. The van der Waals surface area contributed by atoms with Crippen LogP contribution in [-0.2, 0) is 21.2 Å². The van der Waals surface area contributed by atoms with Gasteiger partial charge in [0.15, 0.2) is 0 Å². The molecule has 3 N–H and O–H groups in total. The van der Waals surface area contributed by atoms with Gasteiger partial charge in [0.2, 0.25) is 15.9 Å². The lowest BCUT2D eigenvalue weighted by Crippen LogP contribution is -2.16. The minimum Gasteiger partial charge on any atom is -0.456 e. The molecule has 9 heteroatoms. The van der Waals surface area contributed by atoms with Gasteiger partial charge in [0.1, 0.15) is 11.5 Å². The number of anilines is 1. The van der Waals surface area contributed by atoms with E-state index in [2.05, 4.69) is 21.2 Å². The molecule has 3 aromatic rings. The summed E-state index contributed by atoms with van der Waals surface area (Å²) in [6.07, 6.45) is 0.115. The van der Waals surface area contributed by atoms with Gasteiger partial charge < -0.3 is 10.1 Å². The Morgan fingerprint density at radius 1 is 1.03 bits per heavy atom. The molecule has 0 heterocycles. The smallest absolute Gasteiger partial charge is 0.238 e. The number of halogens is 2. The molecule has 0 aromatic heterocycles. The van der Waals surface area contributed by atoms with Crippen LogP contribution in [0.1, 0.15) is 16.7 Å². The van der Waals surface area contributed by atoms with E-state index in [1.54, 1.807) is 31.2 Å². The van der Waals surface area contributed by atoms with Gasteiger partial charge in [-0.2, -0.15) is 0 Å². The number of primary sulfonamides is 1. The van der Waals surface area contributed by atoms with Crippen LogP contribution >= 0.6 is 27.5 Å². The molecule has 3 aromatic carbocycles. The molecule has 0 saturated heterocycles. The fourth-order valence-corrected chi connectivity index (χ4v) is 3.96. The van der Waals surface area contributed by atoms with Crippen molar-refractivity contribution in [3.63, 3.8) is 0 Å². The normalized spacial score (nSPS) is 11.3. The Morgan fingerprint density at radius 3 is 2.45 bits per heavy atom. The molecule has 6 nitrogen and oxygen atoms in total. The molecule has 162 valence electrons. The summed E-state index contributed by atoms with van der Waals surface area (Å²) < 4.78 is 29.7. The topological polar surface area (TPSA) is 98.5 Å². The summed E-state index contributed by atoms with van der Waals surface area (Å²) in [5.74, 6) is 0.940. The van der Waals surface area contributed by atoms with Crippen LogP contribution in [0, 0.1) is 13.8 Å². The summed E-state index contributed by atoms with van der Waals surface area (Å²) in [6, 6.07) is 15.1. The van der Waals surface area contributed by atoms with Crippen molar-refractivity contribution >= 4 is 49.1 Å². The lowest BCUT2D eigenvalue weighted by Gasteiger charge is -2.13. The van der Waals surface area contributed by atoms with Gasteiger partial charge in [0, 0.05) is 16.8 Å². The number of rotatable bonds is 6. The third kappa shape index (κ3) is 6.07. The predicted octanol–water partition coefficient (Wildman–Crippen LogP) is 5.34. The van der Waals surface area contributed by atoms with Gasteiger partial charge in [-0.15, -0.1) is 0 Å². The van der Waals surface area contributed by atoms with Crippen molar-refractivity contribution in [3.05, 3.63) is 80.8 Å². The van der Waals surface area contributed by atoms with E-state index < -0.39 is 10.0 Å². The van der Waals surface area contributed by atoms with Crippen LogP contribution in [0.4, 0.5) is 5.69 Å². The molecule has 1 amide bonds. The number of carbonyl (C=O) groups excluding carboxylic acids is 1. The van der Waals surface area contributed by atoms with Crippen molar-refractivity contribution in [1.29, 1.82) is 0 Å². The molecule has 0 radical (unpaired) electrons. The van der Waals surface area contributed by atoms with Crippen LogP contribution < -0.4 is 15.2 Å². The molecule has 0 spiro atoms. The van der Waals surface area contributed by atoms with Gasteiger partial charge in [-0.05, 0) is 82.9 Å². The van der Waals surface area contributed by atoms with E-state index in [1.807, 2.05) is 19.1 Å². The fourth-order valence-electron chi connectivity index (χ4n) is 2.87. The lowest BCUT2D eigenvalue weighted by molar-refractivity contribution is -0.115. The molecular formula is C22H20BrClN2O4S. The summed E-state index contributed by atoms with van der Waals surface area (Å²) >= 11 is 9.49. The molecule has 0 saturated carbocycles. The Balaban J connectivity index is 1.75. The standard InChI is InChI=1S/C22H20BrClN2O4S/c1-13-3-4-15(10-20(13)30-21-12-16(24)5-7-18(21)23)11-22(27)26-19-8-6-17(9-14(19)2)31(25,28)29/h3-10,12H,11H2,1-2H3,(H,26,27)(H2,25,28,29). The average Bonchev–Trinajstić information content (AvgIpc) is 2.68. The summed E-state index contributed by atoms with van der Waals surface area (Å²) in [6.45, 7) is 3.61. The van der Waals surface area contributed by atoms with Gasteiger partial charge in [0.05, 0.1) is 15.8 Å². The number of ether oxygens (including phenoxy) is 1. The summed E-state index contributed by atoms with van der Waals surface area (Å²) in [5, 5.41) is 8.49. The fraction of sp³-hybridized carbons (Fsp3) is 0.136. The zero-order chi connectivity index (χ0) is 22.8. The van der Waals surface area contributed by atoms with Gasteiger partial charge >= 0.3 is 0 Å². The van der Waals surface area contributed by atoms with E-state index in [-0.39, 0.29) is 17.2 Å². The number of sulfonamides is 1. The maximum absolute atomic E-state index is 12.5. The summed E-state index contributed by atoms with van der Waals surface area (Å²) in [4.78, 5) is 12.5. The largest absolute Gasteiger partial charge is 0.456 e. The molecular weight excluding hydrogens is 504 g/mol. The molecule has 0 fully saturated rings. The first-order valence-electron chi connectivity index (χ1n) is 9.18. The minimum atomic E-state index is -3.80. The minimum absolute atomic E-state index is 0.00417. The molecule has 31 heavy (non-hydrogen) atoms. The zero-order valence-corrected chi connectivity index (χ0v) is 19.9. The molecule has 3 rings (SSSR count). The summed E-state index contributed by atoms with van der Waals surface area (Å²) in [5.41, 5.74) is 2.78. The molecule has 0 atom stereocenters. The van der Waals surface area contributed by atoms with Crippen LogP contribution in [-0.4, -0.2) is 14.3 Å². The number of nitrogens with one attached hydrogen (secondary N) is 1. The Hall–Kier alpha value is -2.39. The van der Waals surface area contributed by atoms with Crippen LogP contribution in [0.25, 0.3) is 0 Å². The van der Waals surface area contributed by atoms with Crippen LogP contribution in [0.5, 0.6) is 11.5 Å². The second kappa shape index (κ2) is 9.40. The van der Waals surface area contributed by atoms with E-state index in [9.17, 15) is 13.2 Å². The molecule has 0 unspecified atom stereocenters. The zero-order valence-electron chi connectivity index (χ0n) is 16.8. The van der Waals surface area contributed by atoms with Crippen LogP contribution in [0.3, 0.4) is 0 Å². The number of nitrogens with two attached hydrogens (primary N) is 1. The van der Waals surface area contributed by atoms with Crippen LogP contribution in [0.2, 0.25) is 5.02 Å². The Labute approximate surface area is 194 Å². The number of carbonyl (C=O) groups is 1. The van der Waals surface area contributed by atoms with Gasteiger partial charge in [-0.1, -0.05) is 23.7 Å². The highest BCUT2D eigenvalue weighted by atomic mass is 79.9. The van der Waals surface area contributed by atoms with Gasteiger partial charge in [-0.25, -0.2) is 13.6 Å². The highest BCUT2D eigenvalue weighted by molar-refractivity contribution is 9.10. The molecule has 0 aliphatic carbocycles. The Morgan fingerprint density at radius 2 is 1.77 bits per heavy atom. The second-order valence-electron chi connectivity index (χ2n) is 7.02. The first kappa shape index (κ1) is 23.3. The Kier molecular flexibility index (Phi) is 7.06. The average molecular weight is 524 g/mol. The SMILES string of the molecule is Cc1cc(S(N)(=O)=O)ccc1NC(=O)Cc1ccc(C)c(Oc2cc(Cl)ccc2Br)c1. The third-order valence-electron chi connectivity index (χ3n) is 4.53. The van der Waals surface area contributed by atoms with Crippen molar-refractivity contribution in [2.75, 3.05) is 5.32 Å². The number of hydrogen-bond acceptors (Lipinski definition) is 4. The van der Waals surface area contributed by atoms with Crippen molar-refractivity contribution in [2.24, 2.45) is 5.14 Å². The monoisotopic (exact) mass is 522 g/mol. The van der Waals surface area contributed by atoms with E-state index in [4.69, 9.17) is 21.5 Å². The van der Waals surface area contributed by atoms with E-state index in [0.717, 1.165) is 15.6 Å². The van der Waals surface area contributed by atoms with Crippen molar-refractivity contribution in [2.45, 2.75) is 25.2 Å². The van der Waals surface area contributed by atoms with E-state index in [0.29, 0.717) is 27.8 Å². The van der Waals surface area contributed by atoms with Crippen molar-refractivity contribution < 1.29 is 17.9 Å². The van der Waals surface area contributed by atoms with E-state index in [1.165, 1.54) is 18.2 Å². The number of benzene rings is 3. The summed E-state index contributed by atoms with van der Waals surface area (Å²) in [7, 11) is -3.80. The highest BCUT2D eigenvalue weighted by Gasteiger charge is 2.13. The first-order chi connectivity index (χ1) is 14.5. The van der Waals surface area contributed by atoms with Gasteiger partial charge in [0.25, 0.3) is 0 Å². The Bertz CT molecular complexity index is 1260. The molecule has 0 bridgehead atoms. The first-order valence-corrected chi connectivity index (χ1v) is 11.9. The maximum Gasteiger partial charge on any atom is 0.238 e. The number of amides is 1. The lowest BCUT2D eigenvalue weighted by atomic mass is 10.1. The van der Waals surface area contributed by atoms with Crippen LogP contribution in [0.15, 0.2) is 64.0 Å². The highest BCUT2D eigenvalue weighted by Crippen LogP contribution is 2.34. The predicted molar refractivity (Wildman–Crippen MR) is 125 cm³/mol.